The fourth-order valence-corrected chi connectivity index (χ4v) is 3.65. The Kier molecular flexibility index (Phi) is 2.98. The first-order valence-corrected chi connectivity index (χ1v) is 8.21. The van der Waals surface area contributed by atoms with Gasteiger partial charge in [0, 0.05) is 5.39 Å². The quantitative estimate of drug-likeness (QED) is 0.621. The van der Waals surface area contributed by atoms with E-state index in [9.17, 15) is 8.42 Å². The summed E-state index contributed by atoms with van der Waals surface area (Å²) in [6.07, 6.45) is 1.37. The van der Waals surface area contributed by atoms with Gasteiger partial charge in [0.25, 0.3) is 10.0 Å². The first kappa shape index (κ1) is 13.6. The van der Waals surface area contributed by atoms with Crippen LogP contribution >= 0.6 is 0 Å². The summed E-state index contributed by atoms with van der Waals surface area (Å²) in [6, 6.07) is 14.0. The lowest BCUT2D eigenvalue weighted by Gasteiger charge is -2.10. The predicted octanol–water partition coefficient (Wildman–Crippen LogP) is 2.57. The zero-order valence-corrected chi connectivity index (χ0v) is 12.5. The van der Waals surface area contributed by atoms with Gasteiger partial charge in [-0.2, -0.15) is 0 Å². The third kappa shape index (κ3) is 2.38. The topological polar surface area (TPSA) is 98.0 Å². The molecule has 7 nitrogen and oxygen atoms in total. The van der Waals surface area contributed by atoms with Gasteiger partial charge in [0.05, 0.1) is 16.8 Å². The molecule has 0 fully saturated rings. The van der Waals surface area contributed by atoms with Crippen molar-refractivity contribution in [3.63, 3.8) is 0 Å². The summed E-state index contributed by atoms with van der Waals surface area (Å²) < 4.78 is 32.4. The van der Waals surface area contributed by atoms with Crippen molar-refractivity contribution in [3.8, 4) is 0 Å². The molecule has 114 valence electrons. The highest BCUT2D eigenvalue weighted by molar-refractivity contribution is 7.93. The highest BCUT2D eigenvalue weighted by Gasteiger charge is 2.18. The van der Waals surface area contributed by atoms with Crippen molar-refractivity contribution in [2.24, 2.45) is 0 Å². The Morgan fingerprint density at radius 2 is 1.83 bits per heavy atom. The molecule has 0 unspecified atom stereocenters. The van der Waals surface area contributed by atoms with Crippen LogP contribution in [-0.4, -0.2) is 23.7 Å². The van der Waals surface area contributed by atoms with E-state index in [-0.39, 0.29) is 4.90 Å². The van der Waals surface area contributed by atoms with Crippen LogP contribution in [0.1, 0.15) is 0 Å². The van der Waals surface area contributed by atoms with Gasteiger partial charge in [0.2, 0.25) is 5.65 Å². The molecule has 0 bridgehead atoms. The summed E-state index contributed by atoms with van der Waals surface area (Å²) in [4.78, 5) is 4.19. The Morgan fingerprint density at radius 3 is 2.74 bits per heavy atom. The molecular weight excluding hydrogens is 316 g/mol. The number of hydrogen-bond donors (Lipinski definition) is 1. The summed E-state index contributed by atoms with van der Waals surface area (Å²) in [6.45, 7) is 0. The summed E-state index contributed by atoms with van der Waals surface area (Å²) in [5, 5.41) is 8.73. The second kappa shape index (κ2) is 5.03. The molecular formula is C15H10N4O3S. The van der Waals surface area contributed by atoms with E-state index in [2.05, 4.69) is 24.6 Å². The van der Waals surface area contributed by atoms with E-state index >= 15 is 0 Å². The summed E-state index contributed by atoms with van der Waals surface area (Å²) in [5.74, 6) is 0. The van der Waals surface area contributed by atoms with Gasteiger partial charge in [-0.05, 0) is 27.8 Å². The Morgan fingerprint density at radius 1 is 1.00 bits per heavy atom. The van der Waals surface area contributed by atoms with Crippen LogP contribution < -0.4 is 4.72 Å². The molecule has 8 heteroatoms. The second-order valence-corrected chi connectivity index (χ2v) is 6.56. The maximum Gasteiger partial charge on any atom is 0.262 e. The molecule has 4 rings (SSSR count). The van der Waals surface area contributed by atoms with Crippen LogP contribution in [0.3, 0.4) is 0 Å². The summed E-state index contributed by atoms with van der Waals surface area (Å²) >= 11 is 0. The molecule has 2 aromatic carbocycles. The molecule has 0 spiro atoms. The fraction of sp³-hybridized carbons (Fsp3) is 0. The molecule has 0 aliphatic heterocycles. The zero-order chi connectivity index (χ0) is 15.9. The van der Waals surface area contributed by atoms with E-state index in [1.807, 2.05) is 18.2 Å². The monoisotopic (exact) mass is 326 g/mol. The van der Waals surface area contributed by atoms with Gasteiger partial charge in [0.1, 0.15) is 0 Å². The van der Waals surface area contributed by atoms with Crippen molar-refractivity contribution in [2.45, 2.75) is 4.90 Å². The van der Waals surface area contributed by atoms with Crippen LogP contribution in [0.4, 0.5) is 5.69 Å². The average molecular weight is 326 g/mol. The van der Waals surface area contributed by atoms with Crippen molar-refractivity contribution in [1.29, 1.82) is 0 Å². The average Bonchev–Trinajstić information content (AvgIpc) is 3.01. The molecule has 2 heterocycles. The van der Waals surface area contributed by atoms with Crippen LogP contribution in [0.5, 0.6) is 0 Å². The first-order valence-electron chi connectivity index (χ1n) is 6.72. The van der Waals surface area contributed by atoms with Gasteiger partial charge in [-0.1, -0.05) is 36.4 Å². The van der Waals surface area contributed by atoms with Gasteiger partial charge >= 0.3 is 0 Å². The van der Waals surface area contributed by atoms with E-state index in [1.54, 1.807) is 24.3 Å². The van der Waals surface area contributed by atoms with Crippen LogP contribution in [0.2, 0.25) is 0 Å². The number of anilines is 1. The number of nitrogens with zero attached hydrogens (tertiary/aromatic N) is 3. The lowest BCUT2D eigenvalue weighted by atomic mass is 10.1. The Balaban J connectivity index is 1.80. The molecule has 0 saturated carbocycles. The van der Waals surface area contributed by atoms with Crippen LogP contribution in [0.15, 0.2) is 64.3 Å². The molecule has 0 saturated heterocycles. The third-order valence-electron chi connectivity index (χ3n) is 3.41. The Hall–Kier alpha value is -3.00. The standard InChI is InChI=1S/C15H10N4O3S/c20-23(21,14-7-3-5-10-4-1-2-6-12(10)14)19-11-8-13-15(16-9-11)18-22-17-13/h1-9,19H. The van der Waals surface area contributed by atoms with Gasteiger partial charge in [-0.15, -0.1) is 0 Å². The molecule has 4 aromatic rings. The second-order valence-electron chi connectivity index (χ2n) is 4.91. The van der Waals surface area contributed by atoms with Crippen molar-refractivity contribution in [2.75, 3.05) is 4.72 Å². The summed E-state index contributed by atoms with van der Waals surface area (Å²) in [7, 11) is -3.76. The molecule has 0 aliphatic carbocycles. The zero-order valence-electron chi connectivity index (χ0n) is 11.7. The Bertz CT molecular complexity index is 1120. The maximum atomic E-state index is 12.7. The number of sulfonamides is 1. The lowest BCUT2D eigenvalue weighted by Crippen LogP contribution is -2.13. The minimum Gasteiger partial charge on any atom is -0.278 e. The predicted molar refractivity (Wildman–Crippen MR) is 84.4 cm³/mol. The molecule has 1 N–H and O–H groups in total. The van der Waals surface area contributed by atoms with E-state index in [0.717, 1.165) is 5.39 Å². The van der Waals surface area contributed by atoms with Crippen LogP contribution in [0.25, 0.3) is 21.9 Å². The van der Waals surface area contributed by atoms with E-state index in [4.69, 9.17) is 0 Å². The van der Waals surface area contributed by atoms with Gasteiger partial charge in [0.15, 0.2) is 5.52 Å². The number of rotatable bonds is 3. The number of pyridine rings is 1. The van der Waals surface area contributed by atoms with Crippen molar-refractivity contribution < 1.29 is 13.0 Å². The highest BCUT2D eigenvalue weighted by atomic mass is 32.2. The number of aromatic nitrogens is 3. The van der Waals surface area contributed by atoms with E-state index in [0.29, 0.717) is 22.2 Å². The molecule has 23 heavy (non-hydrogen) atoms. The van der Waals surface area contributed by atoms with Crippen molar-refractivity contribution >= 4 is 37.6 Å². The number of hydrogen-bond acceptors (Lipinski definition) is 6. The lowest BCUT2D eigenvalue weighted by molar-refractivity contribution is 0.315. The van der Waals surface area contributed by atoms with Gasteiger partial charge in [-0.25, -0.2) is 18.0 Å². The first-order chi connectivity index (χ1) is 11.1. The summed E-state index contributed by atoms with van der Waals surface area (Å²) in [5.41, 5.74) is 0.988. The number of benzene rings is 2. The van der Waals surface area contributed by atoms with Crippen molar-refractivity contribution in [1.82, 2.24) is 15.3 Å². The maximum absolute atomic E-state index is 12.7. The number of fused-ring (bicyclic) bond motifs is 2. The largest absolute Gasteiger partial charge is 0.278 e. The normalized spacial score (nSPS) is 11.8. The SMILES string of the molecule is O=S(=O)(Nc1cnc2nonc2c1)c1cccc2ccccc12. The highest BCUT2D eigenvalue weighted by Crippen LogP contribution is 2.25. The van der Waals surface area contributed by atoms with E-state index < -0.39 is 10.0 Å². The van der Waals surface area contributed by atoms with Crippen molar-refractivity contribution in [3.05, 3.63) is 54.7 Å². The number of nitrogens with one attached hydrogen (secondary N) is 1. The van der Waals surface area contributed by atoms with Crippen LogP contribution in [0, 0.1) is 0 Å². The van der Waals surface area contributed by atoms with Gasteiger partial charge in [-0.3, -0.25) is 4.72 Å². The minimum absolute atomic E-state index is 0.203. The van der Waals surface area contributed by atoms with Gasteiger partial charge < -0.3 is 0 Å². The molecule has 0 aliphatic rings. The Labute approximate surface area is 131 Å². The molecule has 0 atom stereocenters. The minimum atomic E-state index is -3.76. The third-order valence-corrected chi connectivity index (χ3v) is 4.84. The van der Waals surface area contributed by atoms with Crippen LogP contribution in [-0.2, 0) is 10.0 Å². The van der Waals surface area contributed by atoms with E-state index in [1.165, 1.54) is 12.3 Å². The smallest absolute Gasteiger partial charge is 0.262 e. The fourth-order valence-electron chi connectivity index (χ4n) is 2.38. The molecule has 0 radical (unpaired) electrons. The molecule has 2 aromatic heterocycles. The molecule has 0 amide bonds.